The van der Waals surface area contributed by atoms with Crippen molar-refractivity contribution in [3.63, 3.8) is 0 Å². The van der Waals surface area contributed by atoms with E-state index in [2.05, 4.69) is 12.2 Å². The quantitative estimate of drug-likeness (QED) is 0.707. The molecule has 0 aliphatic heterocycles. The second kappa shape index (κ2) is 6.46. The topological polar surface area (TPSA) is 47.3 Å². The van der Waals surface area contributed by atoms with Crippen LogP contribution in [0.4, 0.5) is 0 Å². The molecule has 1 aliphatic carbocycles. The molecular weight excluding hydrogens is 188 g/mol. The fourth-order valence-electron chi connectivity index (χ4n) is 2.38. The SMILES string of the molecule is COC(CN)CCNC1(C)CCCCC1. The normalized spacial score (nSPS) is 22.6. The van der Waals surface area contributed by atoms with E-state index in [1.807, 2.05) is 0 Å². The molecule has 0 heterocycles. The third kappa shape index (κ3) is 4.49. The van der Waals surface area contributed by atoms with Gasteiger partial charge in [-0.25, -0.2) is 0 Å². The molecule has 90 valence electrons. The molecule has 3 N–H and O–H groups in total. The molecule has 0 saturated heterocycles. The number of hydrogen-bond acceptors (Lipinski definition) is 3. The molecule has 0 amide bonds. The first-order valence-corrected chi connectivity index (χ1v) is 6.18. The largest absolute Gasteiger partial charge is 0.380 e. The number of nitrogens with one attached hydrogen (secondary N) is 1. The number of methoxy groups -OCH3 is 1. The lowest BCUT2D eigenvalue weighted by Gasteiger charge is -2.35. The summed E-state index contributed by atoms with van der Waals surface area (Å²) in [4.78, 5) is 0. The lowest BCUT2D eigenvalue weighted by Crippen LogP contribution is -2.45. The van der Waals surface area contributed by atoms with Crippen LogP contribution >= 0.6 is 0 Å². The second-order valence-corrected chi connectivity index (χ2v) is 4.93. The van der Waals surface area contributed by atoms with Crippen molar-refractivity contribution in [2.45, 2.75) is 57.1 Å². The first-order valence-electron chi connectivity index (χ1n) is 6.18. The van der Waals surface area contributed by atoms with Gasteiger partial charge in [-0.15, -0.1) is 0 Å². The maximum Gasteiger partial charge on any atom is 0.0705 e. The number of ether oxygens (including phenoxy) is 1. The molecule has 1 aliphatic rings. The van der Waals surface area contributed by atoms with Gasteiger partial charge in [0.25, 0.3) is 0 Å². The average Bonchev–Trinajstić information content (AvgIpc) is 2.25. The summed E-state index contributed by atoms with van der Waals surface area (Å²) in [5.74, 6) is 0. The minimum atomic E-state index is 0.213. The van der Waals surface area contributed by atoms with Gasteiger partial charge in [-0.05, 0) is 32.7 Å². The van der Waals surface area contributed by atoms with Crippen molar-refractivity contribution in [2.24, 2.45) is 5.73 Å². The van der Waals surface area contributed by atoms with E-state index >= 15 is 0 Å². The first-order chi connectivity index (χ1) is 7.20. The van der Waals surface area contributed by atoms with Crippen molar-refractivity contribution in [3.05, 3.63) is 0 Å². The summed E-state index contributed by atoms with van der Waals surface area (Å²) >= 11 is 0. The van der Waals surface area contributed by atoms with Crippen LogP contribution in [0.2, 0.25) is 0 Å². The average molecular weight is 214 g/mol. The molecular formula is C12H26N2O. The first kappa shape index (κ1) is 12.9. The summed E-state index contributed by atoms with van der Waals surface area (Å²) < 4.78 is 5.26. The third-order valence-corrected chi connectivity index (χ3v) is 3.57. The standard InChI is InChI=1S/C12H26N2O/c1-12(7-4-3-5-8-12)14-9-6-11(10-13)15-2/h11,14H,3-10,13H2,1-2H3. The molecule has 0 aromatic heterocycles. The van der Waals surface area contributed by atoms with Gasteiger partial charge in [0.15, 0.2) is 0 Å². The van der Waals surface area contributed by atoms with Gasteiger partial charge in [0.1, 0.15) is 0 Å². The van der Waals surface area contributed by atoms with E-state index in [-0.39, 0.29) is 6.10 Å². The zero-order valence-corrected chi connectivity index (χ0v) is 10.2. The highest BCUT2D eigenvalue weighted by Gasteiger charge is 2.25. The van der Waals surface area contributed by atoms with Crippen molar-refractivity contribution in [3.8, 4) is 0 Å². The van der Waals surface area contributed by atoms with Gasteiger partial charge in [0.2, 0.25) is 0 Å². The molecule has 3 nitrogen and oxygen atoms in total. The van der Waals surface area contributed by atoms with E-state index in [0.29, 0.717) is 12.1 Å². The monoisotopic (exact) mass is 214 g/mol. The predicted molar refractivity (Wildman–Crippen MR) is 64.0 cm³/mol. The van der Waals surface area contributed by atoms with Crippen molar-refractivity contribution < 1.29 is 4.74 Å². The van der Waals surface area contributed by atoms with E-state index in [0.717, 1.165) is 13.0 Å². The molecule has 0 radical (unpaired) electrons. The Morgan fingerprint density at radius 3 is 2.53 bits per heavy atom. The highest BCUT2D eigenvalue weighted by atomic mass is 16.5. The van der Waals surface area contributed by atoms with Crippen LogP contribution in [0.25, 0.3) is 0 Å². The lowest BCUT2D eigenvalue weighted by atomic mass is 9.83. The van der Waals surface area contributed by atoms with E-state index < -0.39 is 0 Å². The smallest absolute Gasteiger partial charge is 0.0705 e. The van der Waals surface area contributed by atoms with Gasteiger partial charge in [0.05, 0.1) is 6.10 Å². The molecule has 0 aromatic rings. The second-order valence-electron chi connectivity index (χ2n) is 4.93. The zero-order chi connectivity index (χ0) is 11.1. The number of rotatable bonds is 6. The van der Waals surface area contributed by atoms with Crippen LogP contribution in [0.1, 0.15) is 45.4 Å². The van der Waals surface area contributed by atoms with Crippen LogP contribution in [-0.2, 0) is 4.74 Å². The summed E-state index contributed by atoms with van der Waals surface area (Å²) in [5.41, 5.74) is 5.95. The number of nitrogens with two attached hydrogens (primary N) is 1. The van der Waals surface area contributed by atoms with Gasteiger partial charge < -0.3 is 15.8 Å². The van der Waals surface area contributed by atoms with Crippen LogP contribution in [0.15, 0.2) is 0 Å². The lowest BCUT2D eigenvalue weighted by molar-refractivity contribution is 0.0982. The van der Waals surface area contributed by atoms with Crippen molar-refractivity contribution >= 4 is 0 Å². The summed E-state index contributed by atoms with van der Waals surface area (Å²) in [5, 5.41) is 3.66. The predicted octanol–water partition coefficient (Wildman–Crippen LogP) is 1.66. The van der Waals surface area contributed by atoms with Crippen molar-refractivity contribution in [1.29, 1.82) is 0 Å². The Bertz CT molecular complexity index is 163. The molecule has 1 saturated carbocycles. The van der Waals surface area contributed by atoms with Crippen LogP contribution < -0.4 is 11.1 Å². The van der Waals surface area contributed by atoms with Gasteiger partial charge in [-0.3, -0.25) is 0 Å². The zero-order valence-electron chi connectivity index (χ0n) is 10.2. The van der Waals surface area contributed by atoms with Gasteiger partial charge in [-0.1, -0.05) is 19.3 Å². The molecule has 1 rings (SSSR count). The minimum absolute atomic E-state index is 0.213. The maximum absolute atomic E-state index is 5.58. The van der Waals surface area contributed by atoms with Gasteiger partial charge >= 0.3 is 0 Å². The highest BCUT2D eigenvalue weighted by Crippen LogP contribution is 2.27. The Balaban J connectivity index is 2.17. The van der Waals surface area contributed by atoms with E-state index in [1.54, 1.807) is 7.11 Å². The van der Waals surface area contributed by atoms with Gasteiger partial charge in [-0.2, -0.15) is 0 Å². The summed E-state index contributed by atoms with van der Waals surface area (Å²) in [7, 11) is 1.74. The Kier molecular flexibility index (Phi) is 5.58. The Hall–Kier alpha value is -0.120. The number of hydrogen-bond donors (Lipinski definition) is 2. The Labute approximate surface area is 93.8 Å². The third-order valence-electron chi connectivity index (χ3n) is 3.57. The van der Waals surface area contributed by atoms with Crippen molar-refractivity contribution in [2.75, 3.05) is 20.2 Å². The molecule has 15 heavy (non-hydrogen) atoms. The molecule has 0 spiro atoms. The molecule has 1 unspecified atom stereocenters. The molecule has 0 bridgehead atoms. The van der Waals surface area contributed by atoms with Crippen molar-refractivity contribution in [1.82, 2.24) is 5.32 Å². The fraction of sp³-hybridized carbons (Fsp3) is 1.00. The Morgan fingerprint density at radius 2 is 2.00 bits per heavy atom. The van der Waals surface area contributed by atoms with Crippen LogP contribution in [-0.4, -0.2) is 31.8 Å². The molecule has 1 atom stereocenters. The molecule has 0 aromatic carbocycles. The van der Waals surface area contributed by atoms with E-state index in [9.17, 15) is 0 Å². The summed E-state index contributed by atoms with van der Waals surface area (Å²) in [6, 6.07) is 0. The van der Waals surface area contributed by atoms with E-state index in [1.165, 1.54) is 32.1 Å². The maximum atomic E-state index is 5.58. The van der Waals surface area contributed by atoms with Crippen LogP contribution in [0, 0.1) is 0 Å². The summed E-state index contributed by atoms with van der Waals surface area (Å²) in [6.07, 6.45) is 8.00. The highest BCUT2D eigenvalue weighted by molar-refractivity contribution is 4.86. The molecule has 1 fully saturated rings. The summed E-state index contributed by atoms with van der Waals surface area (Å²) in [6.45, 7) is 3.98. The molecule has 3 heteroatoms. The van der Waals surface area contributed by atoms with Gasteiger partial charge in [0, 0.05) is 19.2 Å². The van der Waals surface area contributed by atoms with E-state index in [4.69, 9.17) is 10.5 Å². The fourth-order valence-corrected chi connectivity index (χ4v) is 2.38. The van der Waals surface area contributed by atoms with Crippen LogP contribution in [0.3, 0.4) is 0 Å². The minimum Gasteiger partial charge on any atom is -0.380 e. The Morgan fingerprint density at radius 1 is 1.33 bits per heavy atom. The van der Waals surface area contributed by atoms with Crippen LogP contribution in [0.5, 0.6) is 0 Å².